The van der Waals surface area contributed by atoms with Crippen molar-refractivity contribution in [1.29, 1.82) is 0 Å². The summed E-state index contributed by atoms with van der Waals surface area (Å²) < 4.78 is 4.45. The van der Waals surface area contributed by atoms with E-state index in [-0.39, 0.29) is 19.1 Å². The molecule has 5 heteroatoms. The van der Waals surface area contributed by atoms with Crippen LogP contribution in [-0.4, -0.2) is 49.4 Å². The Morgan fingerprint density at radius 2 is 2.31 bits per heavy atom. The largest absolute Gasteiger partial charge is 0.468 e. The lowest BCUT2D eigenvalue weighted by Crippen LogP contribution is -2.25. The Morgan fingerprint density at radius 1 is 1.54 bits per heavy atom. The second-order valence-electron chi connectivity index (χ2n) is 2.44. The number of thioether (sulfide) groups is 1. The number of ether oxygens (including phenoxy) is 1. The molecule has 0 atom stereocenters. The van der Waals surface area contributed by atoms with Crippen LogP contribution in [0.3, 0.4) is 0 Å². The molecule has 0 rings (SSSR count). The molecule has 4 nitrogen and oxygen atoms in total. The average Bonchev–Trinajstić information content (AvgIpc) is 2.16. The fourth-order valence-corrected chi connectivity index (χ4v) is 1.50. The van der Waals surface area contributed by atoms with Gasteiger partial charge in [-0.3, -0.25) is 4.79 Å². The minimum Gasteiger partial charge on any atom is -0.468 e. The van der Waals surface area contributed by atoms with Crippen LogP contribution in [-0.2, 0) is 9.53 Å². The molecular formula is C8H17NO3S. The quantitative estimate of drug-likeness (QED) is 0.429. The van der Waals surface area contributed by atoms with Crippen molar-refractivity contribution in [3.05, 3.63) is 0 Å². The predicted molar refractivity (Wildman–Crippen MR) is 53.9 cm³/mol. The number of methoxy groups -OCH3 is 1. The Hall–Kier alpha value is -0.260. The van der Waals surface area contributed by atoms with Gasteiger partial charge in [0.1, 0.15) is 0 Å². The molecule has 0 saturated carbocycles. The maximum atomic E-state index is 10.6. The SMILES string of the molecule is COC(=O)CNCCSCCCO. The Morgan fingerprint density at radius 3 is 2.92 bits per heavy atom. The van der Waals surface area contributed by atoms with Crippen molar-refractivity contribution in [2.45, 2.75) is 6.42 Å². The van der Waals surface area contributed by atoms with Crippen LogP contribution in [0.5, 0.6) is 0 Å². The van der Waals surface area contributed by atoms with Gasteiger partial charge < -0.3 is 15.2 Å². The van der Waals surface area contributed by atoms with E-state index in [9.17, 15) is 4.79 Å². The van der Waals surface area contributed by atoms with Gasteiger partial charge >= 0.3 is 5.97 Å². The van der Waals surface area contributed by atoms with E-state index in [0.717, 1.165) is 24.5 Å². The summed E-state index contributed by atoms with van der Waals surface area (Å²) in [5.41, 5.74) is 0. The third kappa shape index (κ3) is 9.66. The minimum absolute atomic E-state index is 0.236. The molecule has 0 bridgehead atoms. The van der Waals surface area contributed by atoms with Crippen LogP contribution in [0.15, 0.2) is 0 Å². The van der Waals surface area contributed by atoms with Crippen LogP contribution in [0.2, 0.25) is 0 Å². The van der Waals surface area contributed by atoms with E-state index in [2.05, 4.69) is 10.1 Å². The van der Waals surface area contributed by atoms with Crippen LogP contribution in [0.25, 0.3) is 0 Å². The zero-order valence-corrected chi connectivity index (χ0v) is 8.73. The Balaban J connectivity index is 2.95. The first kappa shape index (κ1) is 12.7. The number of rotatable bonds is 8. The van der Waals surface area contributed by atoms with Crippen molar-refractivity contribution >= 4 is 17.7 Å². The number of carbonyl (C=O) groups excluding carboxylic acids is 1. The second-order valence-corrected chi connectivity index (χ2v) is 3.67. The van der Waals surface area contributed by atoms with Gasteiger partial charge in [0.15, 0.2) is 0 Å². The monoisotopic (exact) mass is 207 g/mol. The van der Waals surface area contributed by atoms with E-state index in [1.165, 1.54) is 7.11 Å². The molecule has 2 N–H and O–H groups in total. The molecule has 78 valence electrons. The molecule has 0 unspecified atom stereocenters. The summed E-state index contributed by atoms with van der Waals surface area (Å²) in [5.74, 6) is 1.69. The van der Waals surface area contributed by atoms with Gasteiger partial charge in [0.2, 0.25) is 0 Å². The lowest BCUT2D eigenvalue weighted by Gasteiger charge is -2.02. The highest BCUT2D eigenvalue weighted by Crippen LogP contribution is 1.99. The molecule has 0 aliphatic heterocycles. The van der Waals surface area contributed by atoms with Gasteiger partial charge in [-0.1, -0.05) is 0 Å². The van der Waals surface area contributed by atoms with E-state index in [1.54, 1.807) is 11.8 Å². The summed E-state index contributed by atoms with van der Waals surface area (Å²) in [4.78, 5) is 10.6. The van der Waals surface area contributed by atoms with Crippen LogP contribution in [0.4, 0.5) is 0 Å². The first-order valence-corrected chi connectivity index (χ1v) is 5.43. The molecule has 0 radical (unpaired) electrons. The van der Waals surface area contributed by atoms with Crippen molar-refractivity contribution in [3.63, 3.8) is 0 Å². The predicted octanol–water partition coefficient (Wildman–Crippen LogP) is -0.135. The molecule has 0 aromatic rings. The van der Waals surface area contributed by atoms with Gasteiger partial charge in [-0.25, -0.2) is 0 Å². The average molecular weight is 207 g/mol. The summed E-state index contributed by atoms with van der Waals surface area (Å²) in [6, 6.07) is 0. The van der Waals surface area contributed by atoms with Crippen molar-refractivity contribution in [2.75, 3.05) is 38.3 Å². The number of aliphatic hydroxyl groups is 1. The van der Waals surface area contributed by atoms with Crippen LogP contribution in [0.1, 0.15) is 6.42 Å². The smallest absolute Gasteiger partial charge is 0.319 e. The van der Waals surface area contributed by atoms with Gasteiger partial charge in [0.25, 0.3) is 0 Å². The number of esters is 1. The molecule has 0 aromatic heterocycles. The van der Waals surface area contributed by atoms with Crippen molar-refractivity contribution in [1.82, 2.24) is 5.32 Å². The molecule has 0 aliphatic rings. The first-order chi connectivity index (χ1) is 6.31. The minimum atomic E-state index is -0.236. The third-order valence-corrected chi connectivity index (χ3v) is 2.44. The maximum absolute atomic E-state index is 10.6. The fraction of sp³-hybridized carbons (Fsp3) is 0.875. The molecule has 0 amide bonds. The van der Waals surface area contributed by atoms with E-state index < -0.39 is 0 Å². The van der Waals surface area contributed by atoms with E-state index in [0.29, 0.717) is 0 Å². The van der Waals surface area contributed by atoms with E-state index >= 15 is 0 Å². The van der Waals surface area contributed by atoms with E-state index in [4.69, 9.17) is 5.11 Å². The van der Waals surface area contributed by atoms with Crippen LogP contribution >= 0.6 is 11.8 Å². The van der Waals surface area contributed by atoms with Crippen LogP contribution < -0.4 is 5.32 Å². The molecule has 0 heterocycles. The highest BCUT2D eigenvalue weighted by molar-refractivity contribution is 7.99. The molecule has 0 saturated heterocycles. The topological polar surface area (TPSA) is 58.6 Å². The first-order valence-electron chi connectivity index (χ1n) is 4.27. The standard InChI is InChI=1S/C8H17NO3S/c1-12-8(11)7-9-3-6-13-5-2-4-10/h9-10H,2-7H2,1H3. The van der Waals surface area contributed by atoms with Gasteiger partial charge in [0, 0.05) is 18.9 Å². The molecule has 13 heavy (non-hydrogen) atoms. The highest BCUT2D eigenvalue weighted by Gasteiger charge is 1.97. The van der Waals surface area contributed by atoms with Crippen molar-refractivity contribution in [3.8, 4) is 0 Å². The number of aliphatic hydroxyl groups excluding tert-OH is 1. The second kappa shape index (κ2) is 9.83. The highest BCUT2D eigenvalue weighted by atomic mass is 32.2. The molecule has 0 fully saturated rings. The summed E-state index contributed by atoms with van der Waals surface area (Å²) in [5, 5.41) is 11.4. The molecule has 0 spiro atoms. The maximum Gasteiger partial charge on any atom is 0.319 e. The Labute approximate surface area is 83.0 Å². The zero-order chi connectivity index (χ0) is 9.94. The van der Waals surface area contributed by atoms with Gasteiger partial charge in [-0.2, -0.15) is 11.8 Å². The van der Waals surface area contributed by atoms with E-state index in [1.807, 2.05) is 0 Å². The Bertz CT molecular complexity index is 133. The zero-order valence-electron chi connectivity index (χ0n) is 7.91. The number of hydrogen-bond acceptors (Lipinski definition) is 5. The number of carbonyl (C=O) groups is 1. The number of nitrogens with one attached hydrogen (secondary N) is 1. The third-order valence-electron chi connectivity index (χ3n) is 1.37. The lowest BCUT2D eigenvalue weighted by atomic mass is 10.5. The summed E-state index contributed by atoms with van der Waals surface area (Å²) in [6.07, 6.45) is 0.835. The summed E-state index contributed by atoms with van der Waals surface area (Å²) in [7, 11) is 1.38. The van der Waals surface area contributed by atoms with Gasteiger partial charge in [-0.15, -0.1) is 0 Å². The molecule has 0 aliphatic carbocycles. The summed E-state index contributed by atoms with van der Waals surface area (Å²) in [6.45, 7) is 1.32. The molecule has 0 aromatic carbocycles. The fourth-order valence-electron chi connectivity index (χ4n) is 0.676. The van der Waals surface area contributed by atoms with Crippen molar-refractivity contribution in [2.24, 2.45) is 0 Å². The van der Waals surface area contributed by atoms with Crippen molar-refractivity contribution < 1.29 is 14.6 Å². The summed E-state index contributed by atoms with van der Waals surface area (Å²) >= 11 is 1.76. The normalized spacial score (nSPS) is 10.0. The lowest BCUT2D eigenvalue weighted by molar-refractivity contribution is -0.139. The Kier molecular flexibility index (Phi) is 9.63. The van der Waals surface area contributed by atoms with Crippen LogP contribution in [0, 0.1) is 0 Å². The number of hydrogen-bond donors (Lipinski definition) is 2. The molecular weight excluding hydrogens is 190 g/mol. The van der Waals surface area contributed by atoms with Gasteiger partial charge in [0.05, 0.1) is 13.7 Å². The van der Waals surface area contributed by atoms with Gasteiger partial charge in [-0.05, 0) is 12.2 Å².